The highest BCUT2D eigenvalue weighted by molar-refractivity contribution is 7.98. The van der Waals surface area contributed by atoms with E-state index in [1.54, 1.807) is 0 Å². The molecule has 68 valence electrons. The molecule has 0 radical (unpaired) electrons. The monoisotopic (exact) mass is 210 g/mol. The van der Waals surface area contributed by atoms with Gasteiger partial charge in [0.2, 0.25) is 0 Å². The normalized spacial score (nSPS) is 30.1. The first-order valence-electron chi connectivity index (χ1n) is 2.75. The highest BCUT2D eigenvalue weighted by Crippen LogP contribution is 2.31. The summed E-state index contributed by atoms with van der Waals surface area (Å²) in [6, 6.07) is 0. The van der Waals surface area contributed by atoms with E-state index >= 15 is 0 Å². The molecule has 0 spiro atoms. The first-order valence-corrected chi connectivity index (χ1v) is 5.14. The van der Waals surface area contributed by atoms with Crippen molar-refractivity contribution < 1.29 is 17.8 Å². The quantitative estimate of drug-likeness (QED) is 0.360. The Bertz CT molecular complexity index is 342. The van der Waals surface area contributed by atoms with Gasteiger partial charge < -0.3 is 5.21 Å². The number of nitrogens with two attached hydrogens (primary N) is 1. The third-order valence-corrected chi connectivity index (χ3v) is 2.93. The van der Waals surface area contributed by atoms with Gasteiger partial charge in [0.15, 0.2) is 0 Å². The second-order valence-electron chi connectivity index (χ2n) is 2.00. The van der Waals surface area contributed by atoms with Crippen molar-refractivity contribution in [2.45, 2.75) is 0 Å². The number of allylic oxidation sites excluding steroid dienone is 2. The van der Waals surface area contributed by atoms with Gasteiger partial charge in [-0.05, 0) is 6.08 Å². The Kier molecular flexibility index (Phi) is 2.29. The molecule has 1 atom stereocenters. The lowest BCUT2D eigenvalue weighted by molar-refractivity contribution is -0.910. The van der Waals surface area contributed by atoms with Gasteiger partial charge >= 0.3 is 0 Å². The average molecular weight is 210 g/mol. The molecule has 1 unspecified atom stereocenters. The van der Waals surface area contributed by atoms with E-state index in [9.17, 15) is 13.6 Å². The maximum absolute atomic E-state index is 11.0. The van der Waals surface area contributed by atoms with Crippen LogP contribution in [0, 0.1) is 5.21 Å². The molecule has 1 heterocycles. The fourth-order valence-corrected chi connectivity index (χ4v) is 2.15. The number of hydroxylamine groups is 2. The summed E-state index contributed by atoms with van der Waals surface area (Å²) >= 11 is 0.385. The van der Waals surface area contributed by atoms with Gasteiger partial charge in [0.1, 0.15) is 11.9 Å². The molecule has 0 aliphatic carbocycles. The summed E-state index contributed by atoms with van der Waals surface area (Å²) in [4.78, 5) is 0. The molecule has 0 saturated heterocycles. The van der Waals surface area contributed by atoms with Crippen LogP contribution in [0.5, 0.6) is 0 Å². The summed E-state index contributed by atoms with van der Waals surface area (Å²) < 4.78 is 19.3. The number of primary sulfonamides is 1. The van der Waals surface area contributed by atoms with E-state index in [0.717, 1.165) is 6.08 Å². The number of quaternary nitrogens is 1. The van der Waals surface area contributed by atoms with Gasteiger partial charge in [-0.1, -0.05) is 0 Å². The summed E-state index contributed by atoms with van der Waals surface area (Å²) in [6.07, 6.45) is 2.27. The Balaban J connectivity index is 3.19. The number of rotatable bonds is 1. The molecule has 0 bridgehead atoms. The van der Waals surface area contributed by atoms with Crippen molar-refractivity contribution in [2.75, 3.05) is 0 Å². The van der Waals surface area contributed by atoms with Gasteiger partial charge in [-0.2, -0.15) is 5.21 Å². The van der Waals surface area contributed by atoms with Crippen molar-refractivity contribution in [3.05, 3.63) is 27.8 Å². The minimum absolute atomic E-state index is 0.385. The van der Waals surface area contributed by atoms with Crippen molar-refractivity contribution in [3.63, 3.8) is 0 Å². The van der Waals surface area contributed by atoms with Crippen LogP contribution in [0.3, 0.4) is 0 Å². The van der Waals surface area contributed by atoms with Gasteiger partial charge in [0.05, 0.1) is 0 Å². The molecule has 1 aliphatic rings. The first-order chi connectivity index (χ1) is 5.34. The third-order valence-electron chi connectivity index (χ3n) is 1.09. The Morgan fingerprint density at radius 3 is 2.58 bits per heavy atom. The fourth-order valence-electron chi connectivity index (χ4n) is 0.641. The highest BCUT2D eigenvalue weighted by Gasteiger charge is 2.33. The summed E-state index contributed by atoms with van der Waals surface area (Å²) in [6.45, 7) is 0. The van der Waals surface area contributed by atoms with Crippen LogP contribution in [0.4, 0.5) is 0 Å². The molecule has 1 aliphatic heterocycles. The van der Waals surface area contributed by atoms with Crippen LogP contribution in [-0.4, -0.2) is 17.8 Å². The Labute approximate surface area is 73.3 Å². The van der Waals surface area contributed by atoms with E-state index in [1.165, 1.54) is 11.5 Å². The zero-order valence-corrected chi connectivity index (χ0v) is 7.38. The SMILES string of the molecule is NS(=O)(=O)C1=CC=CS[N+]1([O-])O. The van der Waals surface area contributed by atoms with E-state index in [-0.39, 0.29) is 0 Å². The van der Waals surface area contributed by atoms with E-state index in [2.05, 4.69) is 5.14 Å². The van der Waals surface area contributed by atoms with Crippen LogP contribution >= 0.6 is 11.9 Å². The van der Waals surface area contributed by atoms with Crippen LogP contribution in [-0.2, 0) is 10.0 Å². The summed E-state index contributed by atoms with van der Waals surface area (Å²) in [7, 11) is -4.13. The first kappa shape index (κ1) is 9.71. The lowest BCUT2D eigenvalue weighted by Crippen LogP contribution is -2.36. The predicted molar refractivity (Wildman–Crippen MR) is 43.3 cm³/mol. The molecule has 0 fully saturated rings. The number of hydrogen-bond acceptors (Lipinski definition) is 5. The topological polar surface area (TPSA) is 103 Å². The average Bonchev–Trinajstić information content (AvgIpc) is 1.83. The third kappa shape index (κ3) is 1.86. The van der Waals surface area contributed by atoms with E-state index in [0.29, 0.717) is 11.9 Å². The van der Waals surface area contributed by atoms with Gasteiger partial charge in [0, 0.05) is 11.5 Å². The zero-order valence-electron chi connectivity index (χ0n) is 5.75. The van der Waals surface area contributed by atoms with Gasteiger partial charge in [-0.25, -0.2) is 13.6 Å². The molecule has 3 N–H and O–H groups in total. The Morgan fingerprint density at radius 1 is 1.67 bits per heavy atom. The van der Waals surface area contributed by atoms with Crippen molar-refractivity contribution >= 4 is 22.0 Å². The standard InChI is InChI=1S/C4H6N2O4S2/c5-12(9,10)4-2-1-3-11-6(4,7)8/h1-3,7H,(H2,5,9,10). The van der Waals surface area contributed by atoms with Gasteiger partial charge in [-0.3, -0.25) is 0 Å². The molecular weight excluding hydrogens is 204 g/mol. The summed E-state index contributed by atoms with van der Waals surface area (Å²) in [5.74, 6) is 0. The second kappa shape index (κ2) is 2.83. The zero-order chi connectivity index (χ0) is 9.41. The lowest BCUT2D eigenvalue weighted by atomic mass is 10.6. The lowest BCUT2D eigenvalue weighted by Gasteiger charge is -2.30. The molecule has 0 aromatic carbocycles. The summed E-state index contributed by atoms with van der Waals surface area (Å²) in [5.41, 5.74) is 0. The fraction of sp³-hybridized carbons (Fsp3) is 0. The van der Waals surface area contributed by atoms with Gasteiger partial charge in [0.25, 0.3) is 15.1 Å². The van der Waals surface area contributed by atoms with E-state index < -0.39 is 19.3 Å². The Hall–Kier alpha value is -0.380. The van der Waals surface area contributed by atoms with E-state index in [1.807, 2.05) is 0 Å². The number of hydrogen-bond donors (Lipinski definition) is 2. The van der Waals surface area contributed by atoms with Crippen LogP contribution in [0.25, 0.3) is 0 Å². The molecule has 0 aromatic rings. The number of sulfonamides is 1. The van der Waals surface area contributed by atoms with Crippen LogP contribution in [0.2, 0.25) is 0 Å². The molecule has 12 heavy (non-hydrogen) atoms. The Morgan fingerprint density at radius 2 is 2.25 bits per heavy atom. The highest BCUT2D eigenvalue weighted by atomic mass is 32.2. The van der Waals surface area contributed by atoms with Crippen molar-refractivity contribution in [1.82, 2.24) is 0 Å². The second-order valence-corrected chi connectivity index (χ2v) is 4.49. The van der Waals surface area contributed by atoms with Crippen LogP contribution in [0.1, 0.15) is 0 Å². The molecule has 6 nitrogen and oxygen atoms in total. The summed E-state index contributed by atoms with van der Waals surface area (Å²) in [5, 5.41) is 25.1. The van der Waals surface area contributed by atoms with Crippen LogP contribution < -0.4 is 5.14 Å². The molecule has 8 heteroatoms. The molecular formula is C4H6N2O4S2. The van der Waals surface area contributed by atoms with Crippen molar-refractivity contribution in [1.29, 1.82) is 0 Å². The van der Waals surface area contributed by atoms with Crippen LogP contribution in [0.15, 0.2) is 22.6 Å². The molecule has 0 aromatic heterocycles. The van der Waals surface area contributed by atoms with Crippen molar-refractivity contribution in [2.24, 2.45) is 5.14 Å². The smallest absolute Gasteiger partial charge is 0.292 e. The van der Waals surface area contributed by atoms with E-state index in [4.69, 9.17) is 5.21 Å². The predicted octanol–water partition coefficient (Wildman–Crippen LogP) is -0.00440. The van der Waals surface area contributed by atoms with Crippen molar-refractivity contribution in [3.8, 4) is 0 Å². The molecule has 0 saturated carbocycles. The maximum Gasteiger partial charge on any atom is 0.292 e. The molecule has 1 rings (SSSR count). The maximum atomic E-state index is 11.0. The largest absolute Gasteiger partial charge is 0.580 e. The minimum Gasteiger partial charge on any atom is -0.580 e. The van der Waals surface area contributed by atoms with Gasteiger partial charge in [-0.15, -0.1) is 4.21 Å². The minimum atomic E-state index is -4.13. The number of nitrogens with zero attached hydrogens (tertiary/aromatic N) is 1. The molecule has 0 amide bonds.